The third-order valence-electron chi connectivity index (χ3n) is 2.10. The van der Waals surface area contributed by atoms with Gasteiger partial charge in [0, 0.05) is 9.75 Å². The van der Waals surface area contributed by atoms with Crippen LogP contribution in [0, 0.1) is 12.7 Å². The highest BCUT2D eigenvalue weighted by molar-refractivity contribution is 7.11. The molecule has 0 atom stereocenters. The molecule has 2 aromatic rings. The average Bonchev–Trinajstić information content (AvgIpc) is 2.74. The fourth-order valence-electron chi connectivity index (χ4n) is 1.31. The summed E-state index contributed by atoms with van der Waals surface area (Å²) in [4.78, 5) is 9.87. The number of aryl methyl sites for hydroxylation is 1. The SMILES string of the molecule is Cc1ccc(CNc2nc(NN)ncc2F)s1. The minimum Gasteiger partial charge on any atom is -0.363 e. The number of thiophene rings is 1. The third kappa shape index (κ3) is 2.89. The predicted octanol–water partition coefficient (Wildman–Crippen LogP) is 1.88. The van der Waals surface area contributed by atoms with E-state index in [-0.39, 0.29) is 11.8 Å². The molecule has 0 unspecified atom stereocenters. The number of hydrazine groups is 1. The molecule has 17 heavy (non-hydrogen) atoms. The van der Waals surface area contributed by atoms with Crippen molar-refractivity contribution in [3.63, 3.8) is 0 Å². The lowest BCUT2D eigenvalue weighted by atomic mass is 10.4. The molecule has 0 saturated heterocycles. The second-order valence-corrected chi connectivity index (χ2v) is 4.77. The van der Waals surface area contributed by atoms with Gasteiger partial charge in [0.25, 0.3) is 0 Å². The zero-order chi connectivity index (χ0) is 12.3. The summed E-state index contributed by atoms with van der Waals surface area (Å²) in [5.41, 5.74) is 2.27. The smallest absolute Gasteiger partial charge is 0.239 e. The first-order valence-electron chi connectivity index (χ1n) is 4.97. The highest BCUT2D eigenvalue weighted by atomic mass is 32.1. The summed E-state index contributed by atoms with van der Waals surface area (Å²) in [6.45, 7) is 2.55. The van der Waals surface area contributed by atoms with Crippen LogP contribution in [0.1, 0.15) is 9.75 Å². The molecule has 7 heteroatoms. The molecule has 4 N–H and O–H groups in total. The molecule has 0 radical (unpaired) electrons. The third-order valence-corrected chi connectivity index (χ3v) is 3.10. The van der Waals surface area contributed by atoms with E-state index in [4.69, 9.17) is 5.84 Å². The van der Waals surface area contributed by atoms with E-state index in [1.54, 1.807) is 11.3 Å². The molecule has 0 aliphatic heterocycles. The molecule has 0 fully saturated rings. The van der Waals surface area contributed by atoms with E-state index in [1.807, 2.05) is 19.1 Å². The largest absolute Gasteiger partial charge is 0.363 e. The first-order valence-corrected chi connectivity index (χ1v) is 5.79. The van der Waals surface area contributed by atoms with Crippen LogP contribution < -0.4 is 16.6 Å². The number of anilines is 2. The molecule has 0 bridgehead atoms. The van der Waals surface area contributed by atoms with Gasteiger partial charge in [0.05, 0.1) is 12.7 Å². The van der Waals surface area contributed by atoms with Crippen LogP contribution in [0.2, 0.25) is 0 Å². The minimum atomic E-state index is -0.503. The monoisotopic (exact) mass is 253 g/mol. The van der Waals surface area contributed by atoms with Crippen molar-refractivity contribution in [1.82, 2.24) is 9.97 Å². The normalized spacial score (nSPS) is 10.3. The highest BCUT2D eigenvalue weighted by Crippen LogP contribution is 2.17. The van der Waals surface area contributed by atoms with Crippen molar-refractivity contribution < 1.29 is 4.39 Å². The number of halogens is 1. The van der Waals surface area contributed by atoms with Gasteiger partial charge in [0.1, 0.15) is 0 Å². The molecule has 0 aliphatic carbocycles. The summed E-state index contributed by atoms with van der Waals surface area (Å²) in [5.74, 6) is 4.97. The Labute approximate surface area is 102 Å². The van der Waals surface area contributed by atoms with Crippen molar-refractivity contribution in [2.45, 2.75) is 13.5 Å². The number of nitrogens with two attached hydrogens (primary N) is 1. The average molecular weight is 253 g/mol. The second kappa shape index (κ2) is 5.07. The lowest BCUT2D eigenvalue weighted by Crippen LogP contribution is -2.12. The maximum absolute atomic E-state index is 13.4. The van der Waals surface area contributed by atoms with Crippen LogP contribution in [0.3, 0.4) is 0 Å². The van der Waals surface area contributed by atoms with Crippen LogP contribution in [0.4, 0.5) is 16.2 Å². The zero-order valence-corrected chi connectivity index (χ0v) is 10.0. The molecule has 0 amide bonds. The number of hydrogen-bond donors (Lipinski definition) is 3. The minimum absolute atomic E-state index is 0.138. The summed E-state index contributed by atoms with van der Waals surface area (Å²) in [6, 6.07) is 4.01. The quantitative estimate of drug-likeness (QED) is 0.573. The Morgan fingerprint density at radius 1 is 1.47 bits per heavy atom. The lowest BCUT2D eigenvalue weighted by Gasteiger charge is -2.06. The van der Waals surface area contributed by atoms with Gasteiger partial charge in [0.15, 0.2) is 11.6 Å². The summed E-state index contributed by atoms with van der Waals surface area (Å²) >= 11 is 1.65. The molecule has 2 aromatic heterocycles. The van der Waals surface area contributed by atoms with Gasteiger partial charge in [-0.15, -0.1) is 11.3 Å². The Hall–Kier alpha value is -1.73. The second-order valence-electron chi connectivity index (χ2n) is 3.40. The van der Waals surface area contributed by atoms with Gasteiger partial charge in [0.2, 0.25) is 5.95 Å². The topological polar surface area (TPSA) is 75.9 Å². The molecular formula is C10H12FN5S. The van der Waals surface area contributed by atoms with E-state index in [1.165, 1.54) is 4.88 Å². The molecule has 0 aliphatic rings. The Balaban J connectivity index is 2.07. The number of hydrogen-bond acceptors (Lipinski definition) is 6. The summed E-state index contributed by atoms with van der Waals surface area (Å²) in [7, 11) is 0. The van der Waals surface area contributed by atoms with Crippen LogP contribution >= 0.6 is 11.3 Å². The van der Waals surface area contributed by atoms with Crippen molar-refractivity contribution in [2.24, 2.45) is 5.84 Å². The van der Waals surface area contributed by atoms with Crippen LogP contribution in [0.5, 0.6) is 0 Å². The van der Waals surface area contributed by atoms with E-state index in [9.17, 15) is 4.39 Å². The van der Waals surface area contributed by atoms with E-state index >= 15 is 0 Å². The van der Waals surface area contributed by atoms with Gasteiger partial charge in [-0.1, -0.05) is 0 Å². The van der Waals surface area contributed by atoms with Crippen molar-refractivity contribution in [3.05, 3.63) is 33.9 Å². The van der Waals surface area contributed by atoms with E-state index in [2.05, 4.69) is 20.7 Å². The predicted molar refractivity (Wildman–Crippen MR) is 66.2 cm³/mol. The van der Waals surface area contributed by atoms with Gasteiger partial charge in [-0.05, 0) is 19.1 Å². The fourth-order valence-corrected chi connectivity index (χ4v) is 2.14. The van der Waals surface area contributed by atoms with Crippen molar-refractivity contribution in [3.8, 4) is 0 Å². The standard InChI is InChI=1S/C10H12FN5S/c1-6-2-3-7(17-6)4-13-9-8(11)5-14-10(15-9)16-12/h2-3,5H,4,12H2,1H3,(H2,13,14,15,16). The zero-order valence-electron chi connectivity index (χ0n) is 9.20. The summed E-state index contributed by atoms with van der Waals surface area (Å²) in [5, 5.41) is 2.91. The van der Waals surface area contributed by atoms with E-state index in [0.29, 0.717) is 6.54 Å². The Morgan fingerprint density at radius 2 is 2.29 bits per heavy atom. The van der Waals surface area contributed by atoms with Crippen molar-refractivity contribution in [2.75, 3.05) is 10.7 Å². The maximum atomic E-state index is 13.4. The van der Waals surface area contributed by atoms with Gasteiger partial charge in [-0.2, -0.15) is 4.98 Å². The summed E-state index contributed by atoms with van der Waals surface area (Å²) < 4.78 is 13.4. The van der Waals surface area contributed by atoms with E-state index in [0.717, 1.165) is 11.1 Å². The van der Waals surface area contributed by atoms with Crippen LogP contribution in [-0.2, 0) is 6.54 Å². The van der Waals surface area contributed by atoms with Gasteiger partial charge in [-0.3, -0.25) is 5.43 Å². The van der Waals surface area contributed by atoms with Crippen LogP contribution in [-0.4, -0.2) is 9.97 Å². The molecule has 2 rings (SSSR count). The van der Waals surface area contributed by atoms with Gasteiger partial charge >= 0.3 is 0 Å². The van der Waals surface area contributed by atoms with Crippen LogP contribution in [0.25, 0.3) is 0 Å². The van der Waals surface area contributed by atoms with E-state index < -0.39 is 5.82 Å². The highest BCUT2D eigenvalue weighted by Gasteiger charge is 2.06. The molecule has 90 valence electrons. The van der Waals surface area contributed by atoms with Crippen LogP contribution in [0.15, 0.2) is 18.3 Å². The molecule has 2 heterocycles. The number of nitrogens with zero attached hydrogens (tertiary/aromatic N) is 2. The molecule has 0 spiro atoms. The van der Waals surface area contributed by atoms with Crippen molar-refractivity contribution in [1.29, 1.82) is 0 Å². The van der Waals surface area contributed by atoms with Crippen molar-refractivity contribution >= 4 is 23.1 Å². The number of nitrogen functional groups attached to an aromatic ring is 1. The molecule has 0 saturated carbocycles. The first kappa shape index (κ1) is 11.7. The van der Waals surface area contributed by atoms with Gasteiger partial charge < -0.3 is 5.32 Å². The first-order chi connectivity index (χ1) is 8.19. The fraction of sp³-hybridized carbons (Fsp3) is 0.200. The maximum Gasteiger partial charge on any atom is 0.239 e. The Kier molecular flexibility index (Phi) is 3.50. The molecule has 5 nitrogen and oxygen atoms in total. The number of rotatable bonds is 4. The molecule has 0 aromatic carbocycles. The lowest BCUT2D eigenvalue weighted by molar-refractivity contribution is 0.617. The number of nitrogens with one attached hydrogen (secondary N) is 2. The summed E-state index contributed by atoms with van der Waals surface area (Å²) in [6.07, 6.45) is 1.07. The number of aromatic nitrogens is 2. The molecular weight excluding hydrogens is 241 g/mol. The van der Waals surface area contributed by atoms with Gasteiger partial charge in [-0.25, -0.2) is 15.2 Å². The Bertz CT molecular complexity index is 513. The Morgan fingerprint density at radius 3 is 2.94 bits per heavy atom.